The molecule has 25 heavy (non-hydrogen) atoms. The Morgan fingerprint density at radius 1 is 1.20 bits per heavy atom. The zero-order chi connectivity index (χ0) is 18.5. The Morgan fingerprint density at radius 2 is 1.80 bits per heavy atom. The topological polar surface area (TPSA) is 84.2 Å². The second-order valence-electron chi connectivity index (χ2n) is 7.01. The summed E-state index contributed by atoms with van der Waals surface area (Å²) in [6.07, 6.45) is 2.20. The molecule has 1 atom stereocenters. The Bertz CT molecular complexity index is 616. The van der Waals surface area contributed by atoms with Crippen LogP contribution in [0.3, 0.4) is 0 Å². The molecule has 4 N–H and O–H groups in total. The summed E-state index contributed by atoms with van der Waals surface area (Å²) in [5.41, 5.74) is 5.65. The summed E-state index contributed by atoms with van der Waals surface area (Å²) in [6, 6.07) is 4.82. The van der Waals surface area contributed by atoms with Crippen molar-refractivity contribution in [1.82, 2.24) is 5.32 Å². The maximum absolute atomic E-state index is 12.3. The average molecular weight is 390 g/mol. The number of halogens is 2. The smallest absolute Gasteiger partial charge is 0.253 e. The molecule has 2 amide bonds. The predicted molar refractivity (Wildman–Crippen MR) is 107 cm³/mol. The van der Waals surface area contributed by atoms with Crippen LogP contribution in [0, 0.1) is 0 Å². The molecule has 0 aliphatic rings. The van der Waals surface area contributed by atoms with Gasteiger partial charge in [-0.2, -0.15) is 0 Å². The molecule has 1 rings (SSSR count). The van der Waals surface area contributed by atoms with Crippen molar-refractivity contribution in [3.8, 4) is 0 Å². The molecule has 0 bridgehead atoms. The summed E-state index contributed by atoms with van der Waals surface area (Å²) in [6.45, 7) is 9.57. The first-order valence-electron chi connectivity index (χ1n) is 8.25. The molecule has 0 saturated carbocycles. The van der Waals surface area contributed by atoms with Gasteiger partial charge in [0.25, 0.3) is 5.91 Å². The van der Waals surface area contributed by atoms with E-state index in [0.717, 1.165) is 12.8 Å². The highest BCUT2D eigenvalue weighted by Crippen LogP contribution is 2.23. The second-order valence-corrected chi connectivity index (χ2v) is 7.41. The molecule has 0 spiro atoms. The fourth-order valence-electron chi connectivity index (χ4n) is 2.15. The number of rotatable bonds is 7. The third-order valence-electron chi connectivity index (χ3n) is 4.10. The minimum Gasteiger partial charge on any atom is -0.347 e. The summed E-state index contributed by atoms with van der Waals surface area (Å²) in [5.74, 6) is -0.510. The molecule has 7 heteroatoms. The van der Waals surface area contributed by atoms with E-state index >= 15 is 0 Å². The molecule has 0 aromatic heterocycles. The fourth-order valence-corrected chi connectivity index (χ4v) is 2.41. The summed E-state index contributed by atoms with van der Waals surface area (Å²) in [7, 11) is 0. The molecule has 0 fully saturated rings. The van der Waals surface area contributed by atoms with Gasteiger partial charge in [-0.3, -0.25) is 9.59 Å². The van der Waals surface area contributed by atoms with E-state index in [1.54, 1.807) is 25.1 Å². The van der Waals surface area contributed by atoms with Crippen LogP contribution in [0.4, 0.5) is 5.69 Å². The number of benzene rings is 1. The Labute approximate surface area is 161 Å². The first kappa shape index (κ1) is 23.7. The number of anilines is 1. The van der Waals surface area contributed by atoms with Gasteiger partial charge >= 0.3 is 0 Å². The molecule has 1 aromatic carbocycles. The summed E-state index contributed by atoms with van der Waals surface area (Å²) < 4.78 is 0. The molecule has 0 radical (unpaired) electrons. The number of carbonyl (C=O) groups is 2. The first-order valence-corrected chi connectivity index (χ1v) is 8.62. The lowest BCUT2D eigenvalue weighted by Gasteiger charge is -2.25. The van der Waals surface area contributed by atoms with Crippen LogP contribution in [0.1, 0.15) is 64.2 Å². The van der Waals surface area contributed by atoms with Gasteiger partial charge in [0.1, 0.15) is 0 Å². The van der Waals surface area contributed by atoms with E-state index in [0.29, 0.717) is 17.7 Å². The van der Waals surface area contributed by atoms with E-state index in [1.807, 2.05) is 27.7 Å². The van der Waals surface area contributed by atoms with Crippen molar-refractivity contribution in [3.63, 3.8) is 0 Å². The van der Waals surface area contributed by atoms with Crippen LogP contribution in [0.25, 0.3) is 0 Å². The Morgan fingerprint density at radius 3 is 2.28 bits per heavy atom. The van der Waals surface area contributed by atoms with Crippen molar-refractivity contribution < 1.29 is 9.59 Å². The lowest BCUT2D eigenvalue weighted by atomic mass is 9.96. The maximum Gasteiger partial charge on any atom is 0.253 e. The van der Waals surface area contributed by atoms with Gasteiger partial charge in [0.05, 0.1) is 16.1 Å². The Balaban J connectivity index is 0.00000576. The van der Waals surface area contributed by atoms with Gasteiger partial charge in [-0.05, 0) is 51.8 Å². The summed E-state index contributed by atoms with van der Waals surface area (Å²) in [5, 5.41) is 5.97. The van der Waals surface area contributed by atoms with Crippen molar-refractivity contribution in [2.75, 3.05) is 5.32 Å². The van der Waals surface area contributed by atoms with E-state index in [1.165, 1.54) is 0 Å². The average Bonchev–Trinajstić information content (AvgIpc) is 2.46. The van der Waals surface area contributed by atoms with Crippen LogP contribution < -0.4 is 16.4 Å². The van der Waals surface area contributed by atoms with Gasteiger partial charge in [-0.1, -0.05) is 31.9 Å². The summed E-state index contributed by atoms with van der Waals surface area (Å²) in [4.78, 5) is 24.5. The number of hydrogen-bond donors (Lipinski definition) is 3. The minimum absolute atomic E-state index is 0. The van der Waals surface area contributed by atoms with E-state index in [9.17, 15) is 9.59 Å². The second kappa shape index (κ2) is 9.41. The molecule has 5 nitrogen and oxygen atoms in total. The van der Waals surface area contributed by atoms with Crippen molar-refractivity contribution in [2.24, 2.45) is 5.73 Å². The quantitative estimate of drug-likeness (QED) is 0.654. The van der Waals surface area contributed by atoms with Crippen LogP contribution in [0.15, 0.2) is 18.2 Å². The fraction of sp³-hybridized carbons (Fsp3) is 0.556. The first-order chi connectivity index (χ1) is 11.0. The van der Waals surface area contributed by atoms with Gasteiger partial charge in [0, 0.05) is 11.2 Å². The van der Waals surface area contributed by atoms with E-state index in [4.69, 9.17) is 17.3 Å². The van der Waals surface area contributed by atoms with Crippen LogP contribution in [-0.4, -0.2) is 22.9 Å². The van der Waals surface area contributed by atoms with E-state index in [2.05, 4.69) is 10.6 Å². The highest BCUT2D eigenvalue weighted by atomic mass is 35.5. The number of carbonyl (C=O) groups excluding carboxylic acids is 2. The van der Waals surface area contributed by atoms with E-state index in [-0.39, 0.29) is 34.8 Å². The molecule has 0 saturated heterocycles. The van der Waals surface area contributed by atoms with Crippen LogP contribution in [-0.2, 0) is 4.79 Å². The van der Waals surface area contributed by atoms with Gasteiger partial charge in [0.15, 0.2) is 0 Å². The van der Waals surface area contributed by atoms with Crippen molar-refractivity contribution in [1.29, 1.82) is 0 Å². The third kappa shape index (κ3) is 6.84. The van der Waals surface area contributed by atoms with Crippen LogP contribution in [0.2, 0.25) is 5.02 Å². The zero-order valence-electron chi connectivity index (χ0n) is 15.5. The van der Waals surface area contributed by atoms with Gasteiger partial charge in [0.2, 0.25) is 5.91 Å². The van der Waals surface area contributed by atoms with Crippen molar-refractivity contribution in [2.45, 2.75) is 65.0 Å². The lowest BCUT2D eigenvalue weighted by Crippen LogP contribution is -2.48. The maximum atomic E-state index is 12.3. The largest absolute Gasteiger partial charge is 0.347 e. The molecular weight excluding hydrogens is 361 g/mol. The van der Waals surface area contributed by atoms with Crippen LogP contribution >= 0.6 is 24.0 Å². The predicted octanol–water partition coefficient (Wildman–Crippen LogP) is 4.14. The molecule has 0 aliphatic heterocycles. The molecule has 1 aromatic rings. The van der Waals surface area contributed by atoms with E-state index < -0.39 is 5.54 Å². The number of nitrogens with one attached hydrogen (secondary N) is 2. The Hall–Kier alpha value is -1.30. The molecular formula is C18H29Cl2N3O2. The SMILES string of the molecule is CCCC(C)(N)C(=O)Nc1ccc(C(=O)NC(C)(C)CC)c(Cl)c1.Cl. The van der Waals surface area contributed by atoms with Crippen molar-refractivity contribution >= 4 is 41.5 Å². The molecule has 0 aliphatic carbocycles. The zero-order valence-corrected chi connectivity index (χ0v) is 17.1. The number of amides is 2. The minimum atomic E-state index is -0.942. The standard InChI is InChI=1S/C18H28ClN3O2.ClH/c1-6-10-18(5,20)16(24)21-12-8-9-13(14(19)11-12)15(23)22-17(3,4)7-2;/h8-9,11H,6-7,10,20H2,1-5H3,(H,21,24)(H,22,23);1H. The summed E-state index contributed by atoms with van der Waals surface area (Å²) >= 11 is 6.21. The Kier molecular flexibility index (Phi) is 8.92. The molecule has 142 valence electrons. The highest BCUT2D eigenvalue weighted by molar-refractivity contribution is 6.34. The van der Waals surface area contributed by atoms with Gasteiger partial charge < -0.3 is 16.4 Å². The molecule has 0 heterocycles. The third-order valence-corrected chi connectivity index (χ3v) is 4.41. The number of hydrogen-bond acceptors (Lipinski definition) is 3. The van der Waals surface area contributed by atoms with Crippen molar-refractivity contribution in [3.05, 3.63) is 28.8 Å². The highest BCUT2D eigenvalue weighted by Gasteiger charge is 2.27. The molecule has 1 unspecified atom stereocenters. The van der Waals surface area contributed by atoms with Gasteiger partial charge in [-0.25, -0.2) is 0 Å². The van der Waals surface area contributed by atoms with Crippen LogP contribution in [0.5, 0.6) is 0 Å². The number of nitrogens with two attached hydrogens (primary N) is 1. The van der Waals surface area contributed by atoms with Gasteiger partial charge in [-0.15, -0.1) is 12.4 Å². The monoisotopic (exact) mass is 389 g/mol. The lowest BCUT2D eigenvalue weighted by molar-refractivity contribution is -0.120. The normalized spacial score (nSPS) is 13.4.